The van der Waals surface area contributed by atoms with E-state index in [2.05, 4.69) is 5.32 Å². The highest BCUT2D eigenvalue weighted by atomic mass is 16.6. The van der Waals surface area contributed by atoms with Gasteiger partial charge in [0.1, 0.15) is 17.6 Å². The molecular formula is C15H22N2O5. The van der Waals surface area contributed by atoms with Crippen LogP contribution in [0.25, 0.3) is 0 Å². The van der Waals surface area contributed by atoms with E-state index < -0.39 is 11.6 Å². The van der Waals surface area contributed by atoms with Crippen molar-refractivity contribution in [1.82, 2.24) is 10.2 Å². The lowest BCUT2D eigenvalue weighted by Gasteiger charge is -2.24. The third-order valence-electron chi connectivity index (χ3n) is 3.31. The minimum absolute atomic E-state index is 0.138. The Labute approximate surface area is 129 Å². The summed E-state index contributed by atoms with van der Waals surface area (Å²) in [6, 6.07) is 1.64. The molecule has 1 unspecified atom stereocenters. The average Bonchev–Trinajstić information content (AvgIpc) is 3.04. The fraction of sp³-hybridized carbons (Fsp3) is 0.600. The molecule has 1 fully saturated rings. The van der Waals surface area contributed by atoms with Crippen LogP contribution in [-0.4, -0.2) is 46.8 Å². The van der Waals surface area contributed by atoms with Crippen LogP contribution in [0.3, 0.4) is 0 Å². The Kier molecular flexibility index (Phi) is 4.75. The molecule has 1 aromatic rings. The monoisotopic (exact) mass is 310 g/mol. The van der Waals surface area contributed by atoms with Gasteiger partial charge in [0.15, 0.2) is 0 Å². The molecule has 1 amide bonds. The number of amides is 1. The number of aromatic carboxylic acids is 1. The summed E-state index contributed by atoms with van der Waals surface area (Å²) in [6.45, 7) is 7.17. The maximum atomic E-state index is 12.0. The van der Waals surface area contributed by atoms with Crippen LogP contribution in [0.5, 0.6) is 0 Å². The van der Waals surface area contributed by atoms with Crippen LogP contribution in [0, 0.1) is 0 Å². The van der Waals surface area contributed by atoms with Crippen molar-refractivity contribution in [2.24, 2.45) is 0 Å². The van der Waals surface area contributed by atoms with E-state index in [0.717, 1.165) is 6.42 Å². The summed E-state index contributed by atoms with van der Waals surface area (Å²) in [5.74, 6) is -0.444. The summed E-state index contributed by atoms with van der Waals surface area (Å²) in [4.78, 5) is 24.4. The van der Waals surface area contributed by atoms with Gasteiger partial charge in [-0.1, -0.05) is 0 Å². The molecule has 0 radical (unpaired) electrons. The zero-order valence-corrected chi connectivity index (χ0v) is 13.1. The molecule has 22 heavy (non-hydrogen) atoms. The molecule has 0 aliphatic carbocycles. The molecular weight excluding hydrogens is 288 g/mol. The molecule has 1 saturated heterocycles. The van der Waals surface area contributed by atoms with Crippen LogP contribution < -0.4 is 5.32 Å². The lowest BCUT2D eigenvalue weighted by Crippen LogP contribution is -2.38. The van der Waals surface area contributed by atoms with Gasteiger partial charge in [0.05, 0.1) is 12.1 Å². The Morgan fingerprint density at radius 2 is 2.23 bits per heavy atom. The predicted octanol–water partition coefficient (Wildman–Crippen LogP) is 2.08. The second-order valence-corrected chi connectivity index (χ2v) is 6.40. The molecule has 2 N–H and O–H groups in total. The van der Waals surface area contributed by atoms with Gasteiger partial charge in [-0.3, -0.25) is 0 Å². The molecule has 0 bridgehead atoms. The van der Waals surface area contributed by atoms with E-state index >= 15 is 0 Å². The number of likely N-dealkylation sites (tertiary alicyclic amines) is 1. The molecule has 1 atom stereocenters. The number of ether oxygens (including phenoxy) is 1. The standard InChI is InChI=1S/C15H22N2O5/c1-15(2,3)22-14(20)17-5-4-11(8-17)16-7-12-6-10(9-21-12)13(18)19/h6,9,11,16H,4-5,7-8H2,1-3H3,(H,18,19). The topological polar surface area (TPSA) is 92.0 Å². The number of hydrogen-bond acceptors (Lipinski definition) is 5. The van der Waals surface area contributed by atoms with E-state index in [1.165, 1.54) is 12.3 Å². The smallest absolute Gasteiger partial charge is 0.410 e. The molecule has 0 aromatic carbocycles. The van der Waals surface area contributed by atoms with Crippen molar-refractivity contribution in [3.05, 3.63) is 23.7 Å². The molecule has 1 aliphatic rings. The first-order valence-corrected chi connectivity index (χ1v) is 7.26. The van der Waals surface area contributed by atoms with E-state index in [1.807, 2.05) is 20.8 Å². The first-order chi connectivity index (χ1) is 10.2. The first kappa shape index (κ1) is 16.4. The summed E-state index contributed by atoms with van der Waals surface area (Å²) in [7, 11) is 0. The Bertz CT molecular complexity index is 546. The molecule has 2 rings (SSSR count). The molecule has 7 heteroatoms. The molecule has 1 aliphatic heterocycles. The van der Waals surface area contributed by atoms with E-state index in [-0.39, 0.29) is 17.7 Å². The van der Waals surface area contributed by atoms with E-state index in [0.29, 0.717) is 25.4 Å². The van der Waals surface area contributed by atoms with Crippen LogP contribution in [-0.2, 0) is 11.3 Å². The highest BCUT2D eigenvalue weighted by Gasteiger charge is 2.29. The Morgan fingerprint density at radius 1 is 1.50 bits per heavy atom. The summed E-state index contributed by atoms with van der Waals surface area (Å²) < 4.78 is 10.5. The Morgan fingerprint density at radius 3 is 2.82 bits per heavy atom. The molecule has 2 heterocycles. The van der Waals surface area contributed by atoms with Gasteiger partial charge >= 0.3 is 12.1 Å². The normalized spacial score (nSPS) is 18.5. The van der Waals surface area contributed by atoms with Crippen molar-refractivity contribution in [2.75, 3.05) is 13.1 Å². The fourth-order valence-electron chi connectivity index (χ4n) is 2.25. The number of nitrogens with one attached hydrogen (secondary N) is 1. The third-order valence-corrected chi connectivity index (χ3v) is 3.31. The predicted molar refractivity (Wildman–Crippen MR) is 78.7 cm³/mol. The SMILES string of the molecule is CC(C)(C)OC(=O)N1CCC(NCc2cc(C(=O)O)co2)C1. The van der Waals surface area contributed by atoms with Gasteiger partial charge in [-0.15, -0.1) is 0 Å². The summed E-state index contributed by atoms with van der Waals surface area (Å²) >= 11 is 0. The minimum atomic E-state index is -1.01. The van der Waals surface area contributed by atoms with Crippen molar-refractivity contribution in [3.63, 3.8) is 0 Å². The number of hydrogen-bond donors (Lipinski definition) is 2. The number of carboxylic acids is 1. The number of nitrogens with zero attached hydrogens (tertiary/aromatic N) is 1. The van der Waals surface area contributed by atoms with Crippen molar-refractivity contribution < 1.29 is 23.8 Å². The van der Waals surface area contributed by atoms with Crippen LogP contribution in [0.1, 0.15) is 43.3 Å². The quantitative estimate of drug-likeness (QED) is 0.884. The van der Waals surface area contributed by atoms with Gasteiger partial charge in [0.2, 0.25) is 0 Å². The van der Waals surface area contributed by atoms with Crippen molar-refractivity contribution in [1.29, 1.82) is 0 Å². The number of carbonyl (C=O) groups excluding carboxylic acids is 1. The summed E-state index contributed by atoms with van der Waals surface area (Å²) in [6.07, 6.45) is 1.75. The summed E-state index contributed by atoms with van der Waals surface area (Å²) in [5.41, 5.74) is -0.358. The molecule has 0 saturated carbocycles. The van der Waals surface area contributed by atoms with Crippen LogP contribution in [0.2, 0.25) is 0 Å². The van der Waals surface area contributed by atoms with Crippen LogP contribution >= 0.6 is 0 Å². The molecule has 7 nitrogen and oxygen atoms in total. The number of furan rings is 1. The van der Waals surface area contributed by atoms with Gasteiger partial charge in [-0.25, -0.2) is 9.59 Å². The van der Waals surface area contributed by atoms with Crippen molar-refractivity contribution in [2.45, 2.75) is 45.4 Å². The zero-order valence-electron chi connectivity index (χ0n) is 13.1. The lowest BCUT2D eigenvalue weighted by molar-refractivity contribution is 0.0290. The van der Waals surface area contributed by atoms with Crippen LogP contribution in [0.4, 0.5) is 4.79 Å². The second kappa shape index (κ2) is 6.39. The van der Waals surface area contributed by atoms with Gasteiger partial charge in [-0.05, 0) is 33.3 Å². The van der Waals surface area contributed by atoms with Gasteiger partial charge in [-0.2, -0.15) is 0 Å². The van der Waals surface area contributed by atoms with E-state index in [1.54, 1.807) is 4.90 Å². The lowest BCUT2D eigenvalue weighted by atomic mass is 10.2. The molecule has 122 valence electrons. The Hall–Kier alpha value is -2.02. The number of carbonyl (C=O) groups is 2. The number of rotatable bonds is 4. The zero-order chi connectivity index (χ0) is 16.3. The fourth-order valence-corrected chi connectivity index (χ4v) is 2.25. The van der Waals surface area contributed by atoms with Crippen molar-refractivity contribution in [3.8, 4) is 0 Å². The van der Waals surface area contributed by atoms with Gasteiger partial charge in [0, 0.05) is 19.1 Å². The number of carboxylic acid groups (broad SMARTS) is 1. The van der Waals surface area contributed by atoms with Crippen LogP contribution in [0.15, 0.2) is 16.7 Å². The maximum Gasteiger partial charge on any atom is 0.410 e. The Balaban J connectivity index is 1.78. The van der Waals surface area contributed by atoms with E-state index in [9.17, 15) is 9.59 Å². The highest BCUT2D eigenvalue weighted by molar-refractivity contribution is 5.87. The van der Waals surface area contributed by atoms with Gasteiger partial charge in [0.25, 0.3) is 0 Å². The summed E-state index contributed by atoms with van der Waals surface area (Å²) in [5, 5.41) is 12.1. The van der Waals surface area contributed by atoms with Gasteiger partial charge < -0.3 is 24.5 Å². The van der Waals surface area contributed by atoms with Crippen molar-refractivity contribution >= 4 is 12.1 Å². The minimum Gasteiger partial charge on any atom is -0.478 e. The highest BCUT2D eigenvalue weighted by Crippen LogP contribution is 2.16. The average molecular weight is 310 g/mol. The molecule has 0 spiro atoms. The van der Waals surface area contributed by atoms with E-state index in [4.69, 9.17) is 14.3 Å². The second-order valence-electron chi connectivity index (χ2n) is 6.40. The maximum absolute atomic E-state index is 12.0. The largest absolute Gasteiger partial charge is 0.478 e. The first-order valence-electron chi connectivity index (χ1n) is 7.26. The third kappa shape index (κ3) is 4.49. The molecule has 1 aromatic heterocycles.